The molecule has 0 unspecified atom stereocenters. The maximum absolute atomic E-state index is 14.2. The van der Waals surface area contributed by atoms with Gasteiger partial charge in [-0.05, 0) is 79.7 Å². The van der Waals surface area contributed by atoms with Gasteiger partial charge in [-0.2, -0.15) is 4.37 Å². The van der Waals surface area contributed by atoms with E-state index in [0.29, 0.717) is 17.7 Å². The highest BCUT2D eigenvalue weighted by atomic mass is 32.1. The smallest absolute Gasteiger partial charge is 0.273 e. The summed E-state index contributed by atoms with van der Waals surface area (Å²) < 4.78 is 4.02. The number of rotatable bonds is 9. The summed E-state index contributed by atoms with van der Waals surface area (Å²) in [5.74, 6) is -1.76. The predicted octanol–water partition coefficient (Wildman–Crippen LogP) is 4.63. The summed E-state index contributed by atoms with van der Waals surface area (Å²) in [5.41, 5.74) is 13.7. The van der Waals surface area contributed by atoms with Crippen molar-refractivity contribution in [1.29, 1.82) is 0 Å². The molecule has 2 aromatic heterocycles. The Morgan fingerprint density at radius 2 is 1.79 bits per heavy atom. The van der Waals surface area contributed by atoms with E-state index in [-0.39, 0.29) is 22.2 Å². The zero-order valence-electron chi connectivity index (χ0n) is 22.4. The number of hydrogen-bond donors (Lipinski definition) is 3. The van der Waals surface area contributed by atoms with E-state index in [4.69, 9.17) is 11.5 Å². The number of aromatic nitrogens is 2. The van der Waals surface area contributed by atoms with Crippen molar-refractivity contribution in [2.45, 2.75) is 52.1 Å². The molecule has 3 amide bonds. The number of nitrogens with two attached hydrogens (primary N) is 2. The third-order valence-corrected chi connectivity index (χ3v) is 7.64. The molecule has 0 saturated heterocycles. The molecular formula is C29H32N6O3S. The van der Waals surface area contributed by atoms with Gasteiger partial charge in [0.15, 0.2) is 5.69 Å². The first-order chi connectivity index (χ1) is 18.6. The third-order valence-electron chi connectivity index (χ3n) is 6.79. The molecule has 39 heavy (non-hydrogen) atoms. The van der Waals surface area contributed by atoms with Gasteiger partial charge >= 0.3 is 0 Å². The number of carbonyl (C=O) groups is 3. The van der Waals surface area contributed by atoms with Crippen LogP contribution in [0.3, 0.4) is 0 Å². The van der Waals surface area contributed by atoms with E-state index in [1.807, 2.05) is 64.1 Å². The van der Waals surface area contributed by atoms with Crippen molar-refractivity contribution in [2.75, 3.05) is 10.6 Å². The summed E-state index contributed by atoms with van der Waals surface area (Å²) >= 11 is 0.779. The second-order valence-electron chi connectivity index (χ2n) is 9.92. The zero-order valence-corrected chi connectivity index (χ0v) is 23.2. The number of hydrogen-bond acceptors (Lipinski definition) is 7. The Morgan fingerprint density at radius 1 is 1.08 bits per heavy atom. The van der Waals surface area contributed by atoms with Crippen LogP contribution in [0.1, 0.15) is 71.4 Å². The van der Waals surface area contributed by atoms with Crippen molar-refractivity contribution < 1.29 is 14.4 Å². The fourth-order valence-corrected chi connectivity index (χ4v) is 4.93. The van der Waals surface area contributed by atoms with E-state index in [9.17, 15) is 14.4 Å². The van der Waals surface area contributed by atoms with Crippen molar-refractivity contribution >= 4 is 51.5 Å². The van der Waals surface area contributed by atoms with Gasteiger partial charge in [-0.1, -0.05) is 38.1 Å². The molecule has 0 fully saturated rings. The number of nitrogens with one attached hydrogen (secondary N) is 1. The Balaban J connectivity index is 1.94. The molecule has 4 rings (SSSR count). The molecule has 2 aromatic carbocycles. The second-order valence-corrected chi connectivity index (χ2v) is 10.7. The lowest BCUT2D eigenvalue weighted by Crippen LogP contribution is -2.50. The molecule has 2 heterocycles. The number of nitrogens with zero attached hydrogens (tertiary/aromatic N) is 3. The first-order valence-corrected chi connectivity index (χ1v) is 13.5. The number of pyridine rings is 1. The largest absolute Gasteiger partial charge is 0.395 e. The molecule has 10 heteroatoms. The summed E-state index contributed by atoms with van der Waals surface area (Å²) in [7, 11) is 0. The number of aryl methyl sites for hydroxylation is 1. The van der Waals surface area contributed by atoms with Crippen molar-refractivity contribution in [1.82, 2.24) is 14.7 Å². The highest BCUT2D eigenvalue weighted by molar-refractivity contribution is 7.09. The number of anilines is 2. The van der Waals surface area contributed by atoms with Crippen LogP contribution in [-0.4, -0.2) is 32.6 Å². The third kappa shape index (κ3) is 5.75. The van der Waals surface area contributed by atoms with Crippen LogP contribution in [0.5, 0.6) is 0 Å². The van der Waals surface area contributed by atoms with Crippen LogP contribution in [0.15, 0.2) is 60.8 Å². The van der Waals surface area contributed by atoms with Gasteiger partial charge in [0.05, 0.1) is 11.2 Å². The predicted molar refractivity (Wildman–Crippen MR) is 155 cm³/mol. The van der Waals surface area contributed by atoms with E-state index < -0.39 is 23.4 Å². The molecule has 202 valence electrons. The number of fused-ring (bicyclic) bond motifs is 1. The van der Waals surface area contributed by atoms with E-state index in [1.54, 1.807) is 24.4 Å². The maximum atomic E-state index is 14.2. The van der Waals surface area contributed by atoms with Crippen molar-refractivity contribution in [3.05, 3.63) is 82.5 Å². The molecule has 0 saturated carbocycles. The number of carbonyl (C=O) groups excluding carboxylic acids is 3. The van der Waals surface area contributed by atoms with Crippen molar-refractivity contribution in [3.63, 3.8) is 0 Å². The Bertz CT molecular complexity index is 1530. The summed E-state index contributed by atoms with van der Waals surface area (Å²) in [5, 5.41) is 3.93. The molecule has 4 aromatic rings. The van der Waals surface area contributed by atoms with E-state index >= 15 is 0 Å². The minimum Gasteiger partial charge on any atom is -0.395 e. The van der Waals surface area contributed by atoms with E-state index in [0.717, 1.165) is 34.4 Å². The summed E-state index contributed by atoms with van der Waals surface area (Å²) in [6, 6.07) is 15.6. The van der Waals surface area contributed by atoms with Crippen LogP contribution in [0.4, 0.5) is 11.4 Å². The van der Waals surface area contributed by atoms with Crippen molar-refractivity contribution in [2.24, 2.45) is 5.73 Å². The fraction of sp³-hybridized carbons (Fsp3) is 0.276. The molecule has 0 radical (unpaired) electrons. The van der Waals surface area contributed by atoms with E-state index in [1.165, 1.54) is 4.90 Å². The van der Waals surface area contributed by atoms with Crippen LogP contribution in [0.25, 0.3) is 10.9 Å². The number of benzene rings is 2. The quantitative estimate of drug-likeness (QED) is 0.280. The molecule has 0 bridgehead atoms. The minimum absolute atomic E-state index is 0.0263. The van der Waals surface area contributed by atoms with Crippen LogP contribution < -0.4 is 21.7 Å². The maximum Gasteiger partial charge on any atom is 0.273 e. The highest BCUT2D eigenvalue weighted by Crippen LogP contribution is 2.34. The van der Waals surface area contributed by atoms with Gasteiger partial charge in [0.1, 0.15) is 10.9 Å². The van der Waals surface area contributed by atoms with Gasteiger partial charge in [0, 0.05) is 22.8 Å². The Labute approximate surface area is 231 Å². The summed E-state index contributed by atoms with van der Waals surface area (Å²) in [6.07, 6.45) is 3.18. The monoisotopic (exact) mass is 544 g/mol. The molecule has 0 aliphatic rings. The summed E-state index contributed by atoms with van der Waals surface area (Å²) in [6.45, 7) is 7.86. The number of nitrogen functional groups attached to an aromatic ring is 1. The minimum atomic E-state index is -1.07. The van der Waals surface area contributed by atoms with E-state index in [2.05, 4.69) is 14.7 Å². The van der Waals surface area contributed by atoms with Gasteiger partial charge in [-0.25, -0.2) is 0 Å². The Hall–Kier alpha value is -4.31. The molecular weight excluding hydrogens is 512 g/mol. The van der Waals surface area contributed by atoms with Gasteiger partial charge in [0.25, 0.3) is 11.8 Å². The molecule has 9 nitrogen and oxygen atoms in total. The first kappa shape index (κ1) is 27.7. The average Bonchev–Trinajstić information content (AvgIpc) is 3.32. The lowest BCUT2D eigenvalue weighted by molar-refractivity contribution is -0.124. The van der Waals surface area contributed by atoms with Gasteiger partial charge in [-0.3, -0.25) is 24.3 Å². The fourth-order valence-electron chi connectivity index (χ4n) is 4.19. The average molecular weight is 545 g/mol. The Kier molecular flexibility index (Phi) is 7.96. The van der Waals surface area contributed by atoms with Crippen LogP contribution in [-0.2, 0) is 11.2 Å². The number of primary amides is 1. The van der Waals surface area contributed by atoms with Crippen molar-refractivity contribution in [3.8, 4) is 0 Å². The zero-order chi connectivity index (χ0) is 28.3. The van der Waals surface area contributed by atoms with Gasteiger partial charge in [-0.15, -0.1) is 0 Å². The van der Waals surface area contributed by atoms with Crippen LogP contribution in [0, 0.1) is 0 Å². The second kappa shape index (κ2) is 11.2. The van der Waals surface area contributed by atoms with Crippen LogP contribution >= 0.6 is 11.5 Å². The van der Waals surface area contributed by atoms with Gasteiger partial charge in [0.2, 0.25) is 5.91 Å². The first-order valence-electron chi connectivity index (χ1n) is 12.7. The molecule has 0 aliphatic heterocycles. The summed E-state index contributed by atoms with van der Waals surface area (Å²) in [4.78, 5) is 46.0. The Morgan fingerprint density at radius 3 is 2.41 bits per heavy atom. The van der Waals surface area contributed by atoms with Crippen LogP contribution in [0.2, 0.25) is 0 Å². The molecule has 5 N–H and O–H groups in total. The molecule has 1 atom stereocenters. The highest BCUT2D eigenvalue weighted by Gasteiger charge is 2.37. The topological polar surface area (TPSA) is 144 Å². The SMILES string of the molecule is CCc1ccc(N(C(=O)c2snc(C(N)=O)c2N)[C@@H](C(=O)NC(C)(C)CC)c2ccc3ncccc3c2)cc1. The molecule has 0 aliphatic carbocycles. The lowest BCUT2D eigenvalue weighted by Gasteiger charge is -2.34. The lowest BCUT2D eigenvalue weighted by atomic mass is 9.97. The molecule has 0 spiro atoms. The number of amides is 3. The standard InChI is InChI=1S/C29H32N6O3S/c1-5-17-9-12-20(13-10-17)35(28(38)25-22(30)23(26(31)36)34-39-25)24(27(37)33-29(3,4)6-2)19-11-14-21-18(16-19)8-7-15-32-21/h7-16,24H,5-6,30H2,1-4H3,(H2,31,36)(H,33,37)/t24-/m1/s1. The van der Waals surface area contributed by atoms with Gasteiger partial charge < -0.3 is 16.8 Å². The normalized spacial score (nSPS) is 12.2.